The summed E-state index contributed by atoms with van der Waals surface area (Å²) in [5, 5.41) is 0. The molecule has 16 heavy (non-hydrogen) atoms. The van der Waals surface area contributed by atoms with Crippen LogP contribution in [0.5, 0.6) is 0 Å². The van der Waals surface area contributed by atoms with Crippen LogP contribution in [0.25, 0.3) is 0 Å². The van der Waals surface area contributed by atoms with Crippen molar-refractivity contribution >= 4 is 27.3 Å². The molecule has 0 bridgehead atoms. The quantitative estimate of drug-likeness (QED) is 0.929. The summed E-state index contributed by atoms with van der Waals surface area (Å²) in [6.07, 6.45) is 0.903. The molecule has 2 aromatic rings. The molecular formula is C12H14BrNOS. The summed E-state index contributed by atoms with van der Waals surface area (Å²) in [6, 6.07) is 5.87. The second-order valence-corrected chi connectivity index (χ2v) is 5.83. The Balaban J connectivity index is 2.27. The monoisotopic (exact) mass is 299 g/mol. The van der Waals surface area contributed by atoms with Crippen LogP contribution in [-0.2, 0) is 6.42 Å². The van der Waals surface area contributed by atoms with Gasteiger partial charge < -0.3 is 10.2 Å². The van der Waals surface area contributed by atoms with Gasteiger partial charge in [0.2, 0.25) is 0 Å². The van der Waals surface area contributed by atoms with E-state index in [2.05, 4.69) is 35.8 Å². The lowest BCUT2D eigenvalue weighted by atomic mass is 10.2. The molecule has 0 spiro atoms. The van der Waals surface area contributed by atoms with Gasteiger partial charge in [0.1, 0.15) is 11.5 Å². The predicted octanol–water partition coefficient (Wildman–Crippen LogP) is 4.02. The van der Waals surface area contributed by atoms with Crippen molar-refractivity contribution in [2.45, 2.75) is 26.3 Å². The van der Waals surface area contributed by atoms with E-state index in [1.165, 1.54) is 4.88 Å². The van der Waals surface area contributed by atoms with E-state index in [1.54, 1.807) is 11.3 Å². The molecule has 0 aromatic carbocycles. The molecule has 0 saturated heterocycles. The van der Waals surface area contributed by atoms with E-state index in [-0.39, 0.29) is 6.04 Å². The van der Waals surface area contributed by atoms with Gasteiger partial charge in [0.05, 0.1) is 6.04 Å². The van der Waals surface area contributed by atoms with Crippen LogP contribution < -0.4 is 5.73 Å². The van der Waals surface area contributed by atoms with Gasteiger partial charge in [-0.15, -0.1) is 11.3 Å². The lowest BCUT2D eigenvalue weighted by molar-refractivity contribution is 0.455. The Labute approximate surface area is 108 Å². The average Bonchev–Trinajstić information content (AvgIpc) is 2.86. The second-order valence-electron chi connectivity index (χ2n) is 3.69. The third kappa shape index (κ3) is 2.24. The predicted molar refractivity (Wildman–Crippen MR) is 70.9 cm³/mol. The van der Waals surface area contributed by atoms with Crippen LogP contribution in [0.4, 0.5) is 0 Å². The zero-order valence-corrected chi connectivity index (χ0v) is 11.7. The Morgan fingerprint density at radius 1 is 1.50 bits per heavy atom. The molecule has 1 unspecified atom stereocenters. The minimum absolute atomic E-state index is 0.157. The van der Waals surface area contributed by atoms with E-state index in [9.17, 15) is 0 Å². The molecule has 0 radical (unpaired) electrons. The fraction of sp³-hybridized carbons (Fsp3) is 0.333. The highest BCUT2D eigenvalue weighted by Gasteiger charge is 2.16. The maximum Gasteiger partial charge on any atom is 0.126 e. The van der Waals surface area contributed by atoms with Crippen molar-refractivity contribution in [1.29, 1.82) is 0 Å². The molecule has 4 heteroatoms. The van der Waals surface area contributed by atoms with Gasteiger partial charge in [-0.3, -0.25) is 0 Å². The second kappa shape index (κ2) is 4.73. The summed E-state index contributed by atoms with van der Waals surface area (Å²) in [6.45, 7) is 4.14. The summed E-state index contributed by atoms with van der Waals surface area (Å²) in [4.78, 5) is 2.37. The van der Waals surface area contributed by atoms with E-state index < -0.39 is 0 Å². The SMILES string of the molecule is CCc1ccc(C(N)c2cc(Br)c(C)s2)o1. The summed E-state index contributed by atoms with van der Waals surface area (Å²) in [5.41, 5.74) is 6.16. The van der Waals surface area contributed by atoms with Gasteiger partial charge in [-0.25, -0.2) is 0 Å². The van der Waals surface area contributed by atoms with Crippen molar-refractivity contribution in [3.8, 4) is 0 Å². The zero-order valence-electron chi connectivity index (χ0n) is 9.29. The minimum Gasteiger partial charge on any atom is -0.464 e. The van der Waals surface area contributed by atoms with Crippen molar-refractivity contribution in [1.82, 2.24) is 0 Å². The van der Waals surface area contributed by atoms with Crippen LogP contribution in [0.3, 0.4) is 0 Å². The third-order valence-electron chi connectivity index (χ3n) is 2.52. The van der Waals surface area contributed by atoms with Crippen LogP contribution in [0.1, 0.15) is 34.2 Å². The summed E-state index contributed by atoms with van der Waals surface area (Å²) in [7, 11) is 0. The van der Waals surface area contributed by atoms with E-state index >= 15 is 0 Å². The lowest BCUT2D eigenvalue weighted by Crippen LogP contribution is -2.08. The average molecular weight is 300 g/mol. The van der Waals surface area contributed by atoms with E-state index in [4.69, 9.17) is 10.2 Å². The summed E-state index contributed by atoms with van der Waals surface area (Å²) in [5.74, 6) is 1.82. The van der Waals surface area contributed by atoms with Crippen molar-refractivity contribution in [2.75, 3.05) is 0 Å². The first-order valence-corrected chi connectivity index (χ1v) is 6.82. The highest BCUT2D eigenvalue weighted by atomic mass is 79.9. The molecule has 0 saturated carbocycles. The first-order chi connectivity index (χ1) is 7.61. The van der Waals surface area contributed by atoms with Crippen LogP contribution >= 0.6 is 27.3 Å². The topological polar surface area (TPSA) is 39.2 Å². The first-order valence-electron chi connectivity index (χ1n) is 5.21. The van der Waals surface area contributed by atoms with Crippen LogP contribution in [0, 0.1) is 6.92 Å². The van der Waals surface area contributed by atoms with Crippen molar-refractivity contribution in [3.05, 3.63) is 43.9 Å². The largest absolute Gasteiger partial charge is 0.464 e. The molecule has 2 nitrogen and oxygen atoms in total. The molecule has 0 aliphatic rings. The maximum atomic E-state index is 6.16. The van der Waals surface area contributed by atoms with Crippen molar-refractivity contribution in [3.63, 3.8) is 0 Å². The van der Waals surface area contributed by atoms with Crippen LogP contribution in [-0.4, -0.2) is 0 Å². The van der Waals surface area contributed by atoms with E-state index in [1.807, 2.05) is 12.1 Å². The molecule has 2 aromatic heterocycles. The number of nitrogens with two attached hydrogens (primary N) is 1. The number of halogens is 1. The molecule has 0 aliphatic heterocycles. The fourth-order valence-electron chi connectivity index (χ4n) is 1.53. The van der Waals surface area contributed by atoms with Gasteiger partial charge >= 0.3 is 0 Å². The Morgan fingerprint density at radius 3 is 2.75 bits per heavy atom. The molecule has 0 amide bonds. The molecule has 86 valence electrons. The molecule has 0 fully saturated rings. The van der Waals surface area contributed by atoms with Gasteiger partial charge in [-0.05, 0) is 41.1 Å². The number of rotatable bonds is 3. The summed E-state index contributed by atoms with van der Waals surface area (Å²) < 4.78 is 6.78. The fourth-order valence-corrected chi connectivity index (χ4v) is 3.10. The standard InChI is InChI=1S/C12H14BrNOS/c1-3-8-4-5-10(15-8)12(14)11-6-9(13)7(2)16-11/h4-6,12H,3,14H2,1-2H3. The number of thiophene rings is 1. The van der Waals surface area contributed by atoms with Gasteiger partial charge in [-0.2, -0.15) is 0 Å². The zero-order chi connectivity index (χ0) is 11.7. The van der Waals surface area contributed by atoms with Gasteiger partial charge in [0, 0.05) is 20.6 Å². The third-order valence-corrected chi connectivity index (χ3v) is 4.74. The molecular weight excluding hydrogens is 286 g/mol. The lowest BCUT2D eigenvalue weighted by Gasteiger charge is -2.05. The Hall–Kier alpha value is -0.580. The number of hydrogen-bond acceptors (Lipinski definition) is 3. The Bertz CT molecular complexity index is 469. The normalized spacial score (nSPS) is 13.0. The van der Waals surface area contributed by atoms with E-state index in [0.29, 0.717) is 0 Å². The Morgan fingerprint density at radius 2 is 2.25 bits per heavy atom. The summed E-state index contributed by atoms with van der Waals surface area (Å²) >= 11 is 5.20. The Kier molecular flexibility index (Phi) is 3.52. The van der Waals surface area contributed by atoms with Gasteiger partial charge in [0.25, 0.3) is 0 Å². The molecule has 2 heterocycles. The smallest absolute Gasteiger partial charge is 0.126 e. The minimum atomic E-state index is -0.157. The van der Waals surface area contributed by atoms with Crippen molar-refractivity contribution in [2.24, 2.45) is 5.73 Å². The molecule has 2 N–H and O–H groups in total. The van der Waals surface area contributed by atoms with E-state index in [0.717, 1.165) is 27.3 Å². The number of aryl methyl sites for hydroxylation is 2. The molecule has 0 aliphatic carbocycles. The highest BCUT2D eigenvalue weighted by Crippen LogP contribution is 2.32. The first kappa shape index (κ1) is 11.9. The van der Waals surface area contributed by atoms with Crippen LogP contribution in [0.15, 0.2) is 27.1 Å². The van der Waals surface area contributed by atoms with Crippen LogP contribution in [0.2, 0.25) is 0 Å². The van der Waals surface area contributed by atoms with Gasteiger partial charge in [-0.1, -0.05) is 6.92 Å². The highest BCUT2D eigenvalue weighted by molar-refractivity contribution is 9.10. The van der Waals surface area contributed by atoms with Gasteiger partial charge in [0.15, 0.2) is 0 Å². The number of hydrogen-bond donors (Lipinski definition) is 1. The maximum absolute atomic E-state index is 6.16. The molecule has 2 rings (SSSR count). The number of furan rings is 1. The molecule has 1 atom stereocenters. The van der Waals surface area contributed by atoms with Crippen molar-refractivity contribution < 1.29 is 4.42 Å².